The number of carbonyl (C=O) groups excluding carboxylic acids is 3. The summed E-state index contributed by atoms with van der Waals surface area (Å²) in [6.07, 6.45) is 0.877. The van der Waals surface area contributed by atoms with Crippen LogP contribution in [0.3, 0.4) is 0 Å². The zero-order valence-corrected chi connectivity index (χ0v) is 18.9. The van der Waals surface area contributed by atoms with Crippen molar-refractivity contribution in [1.29, 1.82) is 0 Å². The number of ether oxygens (including phenoxy) is 1. The number of aliphatic hydroxyl groups is 1. The number of fused-ring (bicyclic) bond motifs is 7. The lowest BCUT2D eigenvalue weighted by Crippen LogP contribution is -2.70. The summed E-state index contributed by atoms with van der Waals surface area (Å²) < 4.78 is 37.6. The van der Waals surface area contributed by atoms with Crippen molar-refractivity contribution in [3.05, 3.63) is 23.8 Å². The van der Waals surface area contributed by atoms with Crippen molar-refractivity contribution >= 4 is 17.5 Å². The van der Waals surface area contributed by atoms with Gasteiger partial charge in [0, 0.05) is 29.6 Å². The highest BCUT2D eigenvalue weighted by molar-refractivity contribution is 6.01. The second-order valence-electron chi connectivity index (χ2n) is 10.7. The maximum atomic E-state index is 17.2. The molecule has 0 spiro atoms. The van der Waals surface area contributed by atoms with E-state index in [2.05, 4.69) is 10.2 Å². The Morgan fingerprint density at radius 1 is 1.27 bits per heavy atom. The summed E-state index contributed by atoms with van der Waals surface area (Å²) >= 11 is 0. The summed E-state index contributed by atoms with van der Waals surface area (Å²) in [5.74, 6) is -3.09. The summed E-state index contributed by atoms with van der Waals surface area (Å²) in [6, 6.07) is 0. The van der Waals surface area contributed by atoms with Crippen molar-refractivity contribution in [2.75, 3.05) is 13.2 Å². The van der Waals surface area contributed by atoms with Crippen LogP contribution in [0, 0.1) is 28.6 Å². The minimum atomic E-state index is -2.21. The van der Waals surface area contributed by atoms with Crippen LogP contribution in [0.4, 0.5) is 8.78 Å². The summed E-state index contributed by atoms with van der Waals surface area (Å²) in [7, 11) is 0. The number of nitrogens with zero attached hydrogens (tertiary/aromatic N) is 2. The standard InChI is InChI=1S/C24H28F2N2O5/c1-12(29)33-11-20(32)24-13(10-27-28-24)6-15-16-8-18(25)17-7-14(30)4-5-21(17,2)23(16,26)19(31)9-22(15,24)3/h4-5,7,13,15-16,18-19,31H,6,8-11H2,1-3H3/t13-,15-,16-,18-,19-,21-,22-,23-,24-/m0/s1. The Morgan fingerprint density at radius 2 is 2.00 bits per heavy atom. The Labute approximate surface area is 190 Å². The Bertz CT molecular complexity index is 1040. The third-order valence-corrected chi connectivity index (χ3v) is 9.38. The molecule has 33 heavy (non-hydrogen) atoms. The number of hydrogen-bond donors (Lipinski definition) is 1. The van der Waals surface area contributed by atoms with Crippen LogP contribution in [0.25, 0.3) is 0 Å². The van der Waals surface area contributed by atoms with Crippen LogP contribution in [-0.4, -0.2) is 59.3 Å². The van der Waals surface area contributed by atoms with E-state index in [0.717, 1.165) is 6.08 Å². The molecule has 0 amide bonds. The van der Waals surface area contributed by atoms with Crippen molar-refractivity contribution in [2.24, 2.45) is 38.8 Å². The number of allylic oxidation sites excluding steroid dienone is 4. The normalized spacial score (nSPS) is 49.6. The molecule has 178 valence electrons. The van der Waals surface area contributed by atoms with E-state index in [1.54, 1.807) is 13.8 Å². The van der Waals surface area contributed by atoms with E-state index in [-0.39, 0.29) is 30.9 Å². The van der Waals surface area contributed by atoms with Gasteiger partial charge in [-0.1, -0.05) is 13.0 Å². The van der Waals surface area contributed by atoms with E-state index in [9.17, 15) is 19.5 Å². The molecule has 0 radical (unpaired) electrons. The first kappa shape index (κ1) is 22.5. The number of hydrogen-bond acceptors (Lipinski definition) is 7. The molecule has 9 heteroatoms. The van der Waals surface area contributed by atoms with E-state index >= 15 is 8.78 Å². The van der Waals surface area contributed by atoms with Crippen LogP contribution >= 0.6 is 0 Å². The van der Waals surface area contributed by atoms with Gasteiger partial charge < -0.3 is 9.84 Å². The van der Waals surface area contributed by atoms with Crippen molar-refractivity contribution in [3.8, 4) is 0 Å². The fourth-order valence-electron chi connectivity index (χ4n) is 7.90. The predicted octanol–water partition coefficient (Wildman–Crippen LogP) is 2.87. The molecule has 5 aliphatic rings. The van der Waals surface area contributed by atoms with Gasteiger partial charge in [0.1, 0.15) is 6.17 Å². The Morgan fingerprint density at radius 3 is 2.70 bits per heavy atom. The number of alkyl halides is 2. The number of esters is 1. The van der Waals surface area contributed by atoms with Crippen LogP contribution in [0.15, 0.2) is 34.0 Å². The SMILES string of the molecule is CC(=O)OCC(=O)[C@@]12N=NC[C@@H]1C[C@H]1[C@@H]3C[C@H](F)C4=CC(=O)C=C[C@]4(C)[C@@]3(F)[C@@H](O)C[C@@]12C. The lowest BCUT2D eigenvalue weighted by Gasteiger charge is -2.62. The molecule has 4 aliphatic carbocycles. The smallest absolute Gasteiger partial charge is 0.303 e. The highest BCUT2D eigenvalue weighted by Gasteiger charge is 2.78. The maximum Gasteiger partial charge on any atom is 0.303 e. The molecule has 1 aliphatic heterocycles. The maximum absolute atomic E-state index is 17.2. The van der Waals surface area contributed by atoms with Gasteiger partial charge >= 0.3 is 5.97 Å². The van der Waals surface area contributed by atoms with E-state index < -0.39 is 70.3 Å². The average Bonchev–Trinajstić information content (AvgIpc) is 3.27. The predicted molar refractivity (Wildman–Crippen MR) is 112 cm³/mol. The van der Waals surface area contributed by atoms with Crippen molar-refractivity contribution in [1.82, 2.24) is 0 Å². The Kier molecular flexibility index (Phi) is 4.68. The topological polar surface area (TPSA) is 105 Å². The molecular weight excluding hydrogens is 434 g/mol. The molecule has 5 rings (SSSR count). The van der Waals surface area contributed by atoms with E-state index in [0.29, 0.717) is 6.42 Å². The zero-order chi connectivity index (χ0) is 24.0. The lowest BCUT2D eigenvalue weighted by molar-refractivity contribution is -0.204. The minimum Gasteiger partial charge on any atom is -0.458 e. The number of carbonyl (C=O) groups is 3. The van der Waals surface area contributed by atoms with Crippen LogP contribution < -0.4 is 0 Å². The second kappa shape index (κ2) is 6.87. The first-order valence-electron chi connectivity index (χ1n) is 11.4. The molecule has 0 bridgehead atoms. The molecule has 3 fully saturated rings. The van der Waals surface area contributed by atoms with E-state index in [1.165, 1.54) is 19.1 Å². The highest BCUT2D eigenvalue weighted by atomic mass is 19.1. The van der Waals surface area contributed by atoms with E-state index in [4.69, 9.17) is 4.74 Å². The number of Topliss-reactive ketones (excluding diaryl/α,β-unsaturated/α-hetero) is 1. The largest absolute Gasteiger partial charge is 0.458 e. The fraction of sp³-hybridized carbons (Fsp3) is 0.708. The molecule has 1 N–H and O–H groups in total. The first-order chi connectivity index (χ1) is 15.4. The monoisotopic (exact) mass is 462 g/mol. The van der Waals surface area contributed by atoms with Gasteiger partial charge in [0.05, 0.1) is 12.6 Å². The molecule has 7 nitrogen and oxygen atoms in total. The molecule has 0 aromatic rings. The average molecular weight is 462 g/mol. The van der Waals surface area contributed by atoms with Gasteiger partial charge in [0.15, 0.2) is 23.6 Å². The third-order valence-electron chi connectivity index (χ3n) is 9.38. The van der Waals surface area contributed by atoms with E-state index in [1.807, 2.05) is 0 Å². The highest BCUT2D eigenvalue weighted by Crippen LogP contribution is 2.72. The molecule has 1 heterocycles. The molecule has 3 saturated carbocycles. The summed E-state index contributed by atoms with van der Waals surface area (Å²) in [4.78, 5) is 36.7. The second-order valence-corrected chi connectivity index (χ2v) is 10.7. The molecule has 9 atom stereocenters. The van der Waals surface area contributed by atoms with Crippen LogP contribution in [-0.2, 0) is 19.1 Å². The van der Waals surface area contributed by atoms with Crippen LogP contribution in [0.2, 0.25) is 0 Å². The minimum absolute atomic E-state index is 0.0647. The van der Waals surface area contributed by atoms with Crippen LogP contribution in [0.1, 0.15) is 40.0 Å². The summed E-state index contributed by atoms with van der Waals surface area (Å²) in [5, 5.41) is 19.9. The number of rotatable bonds is 3. The fourth-order valence-corrected chi connectivity index (χ4v) is 7.90. The van der Waals surface area contributed by atoms with Crippen LogP contribution in [0.5, 0.6) is 0 Å². The van der Waals surface area contributed by atoms with Gasteiger partial charge in [-0.05, 0) is 49.8 Å². The quantitative estimate of drug-likeness (QED) is 0.650. The van der Waals surface area contributed by atoms with Gasteiger partial charge in [-0.25, -0.2) is 8.78 Å². The molecule has 0 unspecified atom stereocenters. The first-order valence-corrected chi connectivity index (χ1v) is 11.4. The molecule has 0 aromatic heterocycles. The van der Waals surface area contributed by atoms with Gasteiger partial charge in [0.25, 0.3) is 0 Å². The van der Waals surface area contributed by atoms with Gasteiger partial charge in [-0.3, -0.25) is 14.4 Å². The number of aliphatic hydroxyl groups excluding tert-OH is 1. The van der Waals surface area contributed by atoms with Crippen molar-refractivity contribution in [2.45, 2.75) is 63.5 Å². The lowest BCUT2D eigenvalue weighted by atomic mass is 9.44. The number of azo groups is 1. The summed E-state index contributed by atoms with van der Waals surface area (Å²) in [6.45, 7) is 4.35. The Hall–Kier alpha value is -2.29. The molecule has 0 saturated heterocycles. The zero-order valence-electron chi connectivity index (χ0n) is 18.9. The van der Waals surface area contributed by atoms with Crippen molar-refractivity contribution < 1.29 is 33.0 Å². The molecular formula is C24H28F2N2O5. The number of halogens is 2. The third kappa shape index (κ3) is 2.54. The van der Waals surface area contributed by atoms with Gasteiger partial charge in [-0.2, -0.15) is 10.2 Å². The molecule has 0 aromatic carbocycles. The Balaban J connectivity index is 1.60. The summed E-state index contributed by atoms with van der Waals surface area (Å²) in [5.41, 5.74) is -5.96. The van der Waals surface area contributed by atoms with Gasteiger partial charge in [0.2, 0.25) is 5.78 Å². The van der Waals surface area contributed by atoms with Crippen molar-refractivity contribution in [3.63, 3.8) is 0 Å². The van der Waals surface area contributed by atoms with Gasteiger partial charge in [-0.15, -0.1) is 0 Å². The number of ketones is 2.